The van der Waals surface area contributed by atoms with E-state index in [4.69, 9.17) is 34.0 Å². The second-order valence-corrected chi connectivity index (χ2v) is 7.08. The van der Waals surface area contributed by atoms with Crippen molar-refractivity contribution in [3.63, 3.8) is 0 Å². The minimum atomic E-state index is 0.0559. The van der Waals surface area contributed by atoms with Gasteiger partial charge in [-0.3, -0.25) is 5.01 Å². The molecule has 4 rings (SSSR count). The lowest BCUT2D eigenvalue weighted by molar-refractivity contribution is 0.709. The molecule has 0 fully saturated rings. The van der Waals surface area contributed by atoms with Crippen LogP contribution in [0.5, 0.6) is 0 Å². The summed E-state index contributed by atoms with van der Waals surface area (Å²) in [5.74, 6) is 0. The molecule has 0 aromatic heterocycles. The molecule has 0 amide bonds. The van der Waals surface area contributed by atoms with Crippen LogP contribution in [0.1, 0.15) is 23.6 Å². The van der Waals surface area contributed by atoms with Crippen molar-refractivity contribution < 1.29 is 0 Å². The third-order valence-corrected chi connectivity index (χ3v) is 5.05. The highest BCUT2D eigenvalue weighted by Gasteiger charge is 2.30. The molecule has 1 atom stereocenters. The molecule has 1 unspecified atom stereocenters. The van der Waals surface area contributed by atoms with Crippen LogP contribution in [0.15, 0.2) is 77.9 Å². The SMILES string of the molecule is Nc1ccc(C2CC(c3ccccc3Cl)=NN2c2cccc(Cl)c2)cc1. The van der Waals surface area contributed by atoms with Crippen LogP contribution in [0, 0.1) is 0 Å². The van der Waals surface area contributed by atoms with E-state index < -0.39 is 0 Å². The van der Waals surface area contributed by atoms with Gasteiger partial charge in [-0.25, -0.2) is 0 Å². The van der Waals surface area contributed by atoms with E-state index in [1.54, 1.807) is 0 Å². The average Bonchev–Trinajstić information content (AvgIpc) is 3.08. The number of nitrogens with zero attached hydrogens (tertiary/aromatic N) is 2. The number of nitrogens with two attached hydrogens (primary N) is 1. The maximum absolute atomic E-state index is 6.40. The number of nitrogen functional groups attached to an aromatic ring is 1. The van der Waals surface area contributed by atoms with Crippen molar-refractivity contribution in [2.45, 2.75) is 12.5 Å². The van der Waals surface area contributed by atoms with Crippen LogP contribution in [-0.2, 0) is 0 Å². The molecule has 0 aliphatic carbocycles. The summed E-state index contributed by atoms with van der Waals surface area (Å²) < 4.78 is 0. The molecule has 0 radical (unpaired) electrons. The topological polar surface area (TPSA) is 41.6 Å². The van der Waals surface area contributed by atoms with Crippen LogP contribution in [0.2, 0.25) is 10.0 Å². The van der Waals surface area contributed by atoms with E-state index >= 15 is 0 Å². The van der Waals surface area contributed by atoms with Gasteiger partial charge in [-0.1, -0.05) is 59.6 Å². The van der Waals surface area contributed by atoms with Crippen LogP contribution in [0.25, 0.3) is 0 Å². The van der Waals surface area contributed by atoms with Crippen LogP contribution >= 0.6 is 23.2 Å². The highest BCUT2D eigenvalue weighted by atomic mass is 35.5. The summed E-state index contributed by atoms with van der Waals surface area (Å²) >= 11 is 12.6. The van der Waals surface area contributed by atoms with E-state index in [0.717, 1.165) is 34.6 Å². The van der Waals surface area contributed by atoms with Crippen molar-refractivity contribution >= 4 is 40.3 Å². The number of hydrogen-bond donors (Lipinski definition) is 1. The Kier molecular flexibility index (Phi) is 4.58. The van der Waals surface area contributed by atoms with Gasteiger partial charge in [0.1, 0.15) is 0 Å². The Morgan fingerprint density at radius 2 is 1.69 bits per heavy atom. The first-order chi connectivity index (χ1) is 12.6. The number of halogens is 2. The van der Waals surface area contributed by atoms with Gasteiger partial charge in [-0.15, -0.1) is 0 Å². The quantitative estimate of drug-likeness (QED) is 0.571. The largest absolute Gasteiger partial charge is 0.399 e. The number of hydrogen-bond acceptors (Lipinski definition) is 3. The Balaban J connectivity index is 1.78. The maximum atomic E-state index is 6.40. The molecule has 2 N–H and O–H groups in total. The molecule has 26 heavy (non-hydrogen) atoms. The number of anilines is 2. The van der Waals surface area contributed by atoms with Crippen molar-refractivity contribution in [3.05, 3.63) is 94.0 Å². The molecule has 1 aliphatic rings. The molecule has 1 heterocycles. The Labute approximate surface area is 162 Å². The summed E-state index contributed by atoms with van der Waals surface area (Å²) in [5.41, 5.74) is 10.6. The molecular formula is C21H17Cl2N3. The molecule has 0 saturated carbocycles. The summed E-state index contributed by atoms with van der Waals surface area (Å²) in [6, 6.07) is 23.5. The van der Waals surface area contributed by atoms with Crippen molar-refractivity contribution in [1.29, 1.82) is 0 Å². The fourth-order valence-electron chi connectivity index (χ4n) is 3.20. The first-order valence-corrected chi connectivity index (χ1v) is 9.10. The number of rotatable bonds is 3. The lowest BCUT2D eigenvalue weighted by Gasteiger charge is -2.24. The Hall–Kier alpha value is -2.49. The van der Waals surface area contributed by atoms with Gasteiger partial charge in [0.15, 0.2) is 0 Å². The molecule has 0 saturated heterocycles. The highest BCUT2D eigenvalue weighted by Crippen LogP contribution is 2.38. The van der Waals surface area contributed by atoms with E-state index in [1.807, 2.05) is 77.8 Å². The van der Waals surface area contributed by atoms with E-state index in [2.05, 4.69) is 0 Å². The molecule has 3 aromatic rings. The third-order valence-electron chi connectivity index (χ3n) is 4.49. The second kappa shape index (κ2) is 7.02. The Morgan fingerprint density at radius 1 is 0.923 bits per heavy atom. The van der Waals surface area contributed by atoms with Gasteiger partial charge in [0.05, 0.1) is 17.4 Å². The predicted molar refractivity (Wildman–Crippen MR) is 110 cm³/mol. The van der Waals surface area contributed by atoms with E-state index in [-0.39, 0.29) is 6.04 Å². The van der Waals surface area contributed by atoms with Gasteiger partial charge in [-0.2, -0.15) is 5.10 Å². The number of hydrazone groups is 1. The minimum absolute atomic E-state index is 0.0559. The molecule has 130 valence electrons. The molecule has 1 aliphatic heterocycles. The molecular weight excluding hydrogens is 365 g/mol. The summed E-state index contributed by atoms with van der Waals surface area (Å²) in [4.78, 5) is 0. The van der Waals surface area contributed by atoms with Gasteiger partial charge in [0.25, 0.3) is 0 Å². The van der Waals surface area contributed by atoms with Crippen molar-refractivity contribution in [3.8, 4) is 0 Å². The summed E-state index contributed by atoms with van der Waals surface area (Å²) in [6.07, 6.45) is 0.750. The van der Waals surface area contributed by atoms with Crippen molar-refractivity contribution in [1.82, 2.24) is 0 Å². The zero-order valence-electron chi connectivity index (χ0n) is 13.9. The van der Waals surface area contributed by atoms with Crippen LogP contribution in [-0.4, -0.2) is 5.71 Å². The molecule has 0 bridgehead atoms. The van der Waals surface area contributed by atoms with Crippen LogP contribution < -0.4 is 10.7 Å². The summed E-state index contributed by atoms with van der Waals surface area (Å²) in [7, 11) is 0. The zero-order chi connectivity index (χ0) is 18.1. The molecule has 3 nitrogen and oxygen atoms in total. The van der Waals surface area contributed by atoms with E-state index in [0.29, 0.717) is 10.0 Å². The zero-order valence-corrected chi connectivity index (χ0v) is 15.5. The smallest absolute Gasteiger partial charge is 0.0831 e. The van der Waals surface area contributed by atoms with Crippen molar-refractivity contribution in [2.75, 3.05) is 10.7 Å². The average molecular weight is 382 g/mol. The lowest BCUT2D eigenvalue weighted by Crippen LogP contribution is -2.18. The monoisotopic (exact) mass is 381 g/mol. The maximum Gasteiger partial charge on any atom is 0.0831 e. The van der Waals surface area contributed by atoms with Gasteiger partial charge >= 0.3 is 0 Å². The Morgan fingerprint density at radius 3 is 2.42 bits per heavy atom. The number of benzene rings is 3. The van der Waals surface area contributed by atoms with Crippen LogP contribution in [0.3, 0.4) is 0 Å². The summed E-state index contributed by atoms with van der Waals surface area (Å²) in [5, 5.41) is 8.28. The highest BCUT2D eigenvalue weighted by molar-refractivity contribution is 6.34. The molecule has 5 heteroatoms. The second-order valence-electron chi connectivity index (χ2n) is 6.24. The lowest BCUT2D eigenvalue weighted by atomic mass is 9.98. The van der Waals surface area contributed by atoms with E-state index in [1.165, 1.54) is 0 Å². The normalized spacial score (nSPS) is 16.6. The fraction of sp³-hybridized carbons (Fsp3) is 0.0952. The molecule has 0 spiro atoms. The van der Waals surface area contributed by atoms with Gasteiger partial charge in [0, 0.05) is 27.7 Å². The summed E-state index contributed by atoms with van der Waals surface area (Å²) in [6.45, 7) is 0. The van der Waals surface area contributed by atoms with Gasteiger partial charge in [-0.05, 0) is 42.0 Å². The predicted octanol–water partition coefficient (Wildman–Crippen LogP) is 5.93. The first-order valence-electron chi connectivity index (χ1n) is 8.34. The van der Waals surface area contributed by atoms with Crippen LogP contribution in [0.4, 0.5) is 11.4 Å². The van der Waals surface area contributed by atoms with Crippen molar-refractivity contribution in [2.24, 2.45) is 5.10 Å². The first kappa shape index (κ1) is 17.0. The fourth-order valence-corrected chi connectivity index (χ4v) is 3.63. The standard InChI is InChI=1S/C21H17Cl2N3/c22-15-4-3-5-17(12-15)26-21(14-8-10-16(24)11-9-14)13-20(25-26)18-6-1-2-7-19(18)23/h1-12,21H,13,24H2. The third kappa shape index (κ3) is 3.28. The molecule has 3 aromatic carbocycles. The minimum Gasteiger partial charge on any atom is -0.399 e. The van der Waals surface area contributed by atoms with Gasteiger partial charge in [0.2, 0.25) is 0 Å². The Bertz CT molecular complexity index is 967. The van der Waals surface area contributed by atoms with Gasteiger partial charge < -0.3 is 5.73 Å². The van der Waals surface area contributed by atoms with E-state index in [9.17, 15) is 0 Å².